The monoisotopic (exact) mass is 423 g/mol. The maximum absolute atomic E-state index is 12.7. The minimum absolute atomic E-state index is 0. The van der Waals surface area contributed by atoms with Crippen LogP contribution in [0.3, 0.4) is 0 Å². The van der Waals surface area contributed by atoms with Crippen molar-refractivity contribution in [3.63, 3.8) is 0 Å². The van der Waals surface area contributed by atoms with Crippen LogP contribution in [0, 0.1) is 11.8 Å². The zero-order valence-corrected chi connectivity index (χ0v) is 17.9. The van der Waals surface area contributed by atoms with Crippen LogP contribution in [0.4, 0.5) is 0 Å². The fourth-order valence-electron chi connectivity index (χ4n) is 4.30. The molecule has 3 rings (SSSR count). The van der Waals surface area contributed by atoms with Crippen LogP contribution in [0.5, 0.6) is 5.75 Å². The summed E-state index contributed by atoms with van der Waals surface area (Å²) in [4.78, 5) is 26.9. The summed E-state index contributed by atoms with van der Waals surface area (Å²) in [5, 5.41) is 3.24. The minimum Gasteiger partial charge on any atom is -0.493 e. The second kappa shape index (κ2) is 12.0. The Balaban J connectivity index is 0.00000300. The lowest BCUT2D eigenvalue weighted by molar-refractivity contribution is -0.136. The molecular weight excluding hydrogens is 390 g/mol. The molecule has 1 saturated carbocycles. The molecular formula is C22H34ClN3O3. The molecule has 1 aromatic rings. The molecule has 7 heteroatoms. The van der Waals surface area contributed by atoms with Crippen molar-refractivity contribution in [2.24, 2.45) is 17.6 Å². The average molecular weight is 424 g/mol. The molecule has 2 unspecified atom stereocenters. The normalized spacial score (nSPS) is 22.4. The van der Waals surface area contributed by atoms with E-state index < -0.39 is 0 Å². The van der Waals surface area contributed by atoms with Crippen LogP contribution in [0.15, 0.2) is 30.3 Å². The maximum Gasteiger partial charge on any atom is 0.225 e. The molecule has 0 spiro atoms. The molecule has 6 nitrogen and oxygen atoms in total. The second-order valence-electron chi connectivity index (χ2n) is 7.96. The molecule has 2 atom stereocenters. The summed E-state index contributed by atoms with van der Waals surface area (Å²) in [5.74, 6) is 1.44. The predicted octanol–water partition coefficient (Wildman–Crippen LogP) is 2.75. The van der Waals surface area contributed by atoms with E-state index in [1.807, 2.05) is 35.2 Å². The van der Waals surface area contributed by atoms with Crippen molar-refractivity contribution >= 4 is 24.2 Å². The van der Waals surface area contributed by atoms with Gasteiger partial charge in [0.05, 0.1) is 13.0 Å². The van der Waals surface area contributed by atoms with Gasteiger partial charge in [0.1, 0.15) is 5.75 Å². The second-order valence-corrected chi connectivity index (χ2v) is 7.96. The number of ether oxygens (including phenoxy) is 1. The molecule has 1 heterocycles. The number of nitrogens with zero attached hydrogens (tertiary/aromatic N) is 1. The zero-order chi connectivity index (χ0) is 19.8. The van der Waals surface area contributed by atoms with E-state index in [9.17, 15) is 9.59 Å². The van der Waals surface area contributed by atoms with Crippen molar-refractivity contribution in [3.8, 4) is 5.75 Å². The summed E-state index contributed by atoms with van der Waals surface area (Å²) in [7, 11) is 0. The number of amides is 2. The number of hydrogen-bond donors (Lipinski definition) is 2. The summed E-state index contributed by atoms with van der Waals surface area (Å²) in [6.07, 6.45) is 6.36. The van der Waals surface area contributed by atoms with Gasteiger partial charge in [-0.25, -0.2) is 0 Å². The molecule has 2 amide bonds. The third kappa shape index (κ3) is 6.89. The SMILES string of the molecule is Cl.NCC1CCCCC1NC(=O)C1CCN(C(=O)CCOc2ccccc2)CC1. The largest absolute Gasteiger partial charge is 0.493 e. The Kier molecular flexibility index (Phi) is 9.74. The summed E-state index contributed by atoms with van der Waals surface area (Å²) in [6.45, 7) is 2.31. The number of hydrogen-bond acceptors (Lipinski definition) is 4. The minimum atomic E-state index is 0. The molecule has 1 aliphatic carbocycles. The van der Waals surface area contributed by atoms with Gasteiger partial charge in [-0.1, -0.05) is 31.0 Å². The van der Waals surface area contributed by atoms with Gasteiger partial charge in [0.2, 0.25) is 11.8 Å². The van der Waals surface area contributed by atoms with E-state index in [-0.39, 0.29) is 36.2 Å². The topological polar surface area (TPSA) is 84.7 Å². The number of para-hydroxylation sites is 1. The van der Waals surface area contributed by atoms with Gasteiger partial charge in [0.15, 0.2) is 0 Å². The van der Waals surface area contributed by atoms with Crippen molar-refractivity contribution in [1.29, 1.82) is 0 Å². The Morgan fingerprint density at radius 2 is 1.76 bits per heavy atom. The Bertz CT molecular complexity index is 635. The number of benzene rings is 1. The Labute approximate surface area is 179 Å². The van der Waals surface area contributed by atoms with E-state index in [0.717, 1.165) is 31.4 Å². The number of piperidine rings is 1. The first kappa shape index (κ1) is 23.5. The lowest BCUT2D eigenvalue weighted by Gasteiger charge is -2.35. The Hall–Kier alpha value is -1.79. The maximum atomic E-state index is 12.7. The van der Waals surface area contributed by atoms with Crippen LogP contribution >= 0.6 is 12.4 Å². The molecule has 162 valence electrons. The van der Waals surface area contributed by atoms with Crippen molar-refractivity contribution in [2.45, 2.75) is 51.0 Å². The lowest BCUT2D eigenvalue weighted by Crippen LogP contribution is -2.49. The van der Waals surface area contributed by atoms with E-state index in [0.29, 0.717) is 38.6 Å². The van der Waals surface area contributed by atoms with Crippen molar-refractivity contribution in [2.75, 3.05) is 26.2 Å². The molecule has 1 aliphatic heterocycles. The van der Waals surface area contributed by atoms with Crippen LogP contribution < -0.4 is 15.8 Å². The quantitative estimate of drug-likeness (QED) is 0.706. The molecule has 3 N–H and O–H groups in total. The fourth-order valence-corrected chi connectivity index (χ4v) is 4.30. The molecule has 2 aliphatic rings. The number of nitrogens with two attached hydrogens (primary N) is 1. The summed E-state index contributed by atoms with van der Waals surface area (Å²) >= 11 is 0. The van der Waals surface area contributed by atoms with Gasteiger partial charge in [0, 0.05) is 25.0 Å². The number of carbonyl (C=O) groups is 2. The first-order valence-corrected chi connectivity index (χ1v) is 10.6. The average Bonchev–Trinajstić information content (AvgIpc) is 2.75. The van der Waals surface area contributed by atoms with Gasteiger partial charge in [-0.15, -0.1) is 12.4 Å². The molecule has 0 bridgehead atoms. The third-order valence-electron chi connectivity index (χ3n) is 6.09. The van der Waals surface area contributed by atoms with Crippen molar-refractivity contribution in [3.05, 3.63) is 30.3 Å². The molecule has 0 radical (unpaired) electrons. The fraction of sp³-hybridized carbons (Fsp3) is 0.636. The van der Waals surface area contributed by atoms with Crippen LogP contribution in [0.25, 0.3) is 0 Å². The summed E-state index contributed by atoms with van der Waals surface area (Å²) in [5.41, 5.74) is 5.87. The molecule has 2 fully saturated rings. The summed E-state index contributed by atoms with van der Waals surface area (Å²) in [6, 6.07) is 9.75. The number of likely N-dealkylation sites (tertiary alicyclic amines) is 1. The first-order valence-electron chi connectivity index (χ1n) is 10.6. The Morgan fingerprint density at radius 1 is 1.07 bits per heavy atom. The molecule has 0 aromatic heterocycles. The van der Waals surface area contributed by atoms with Crippen LogP contribution in [-0.4, -0.2) is 49.0 Å². The number of carbonyl (C=O) groups excluding carboxylic acids is 2. The first-order chi connectivity index (χ1) is 13.7. The van der Waals surface area contributed by atoms with E-state index in [1.165, 1.54) is 12.8 Å². The Morgan fingerprint density at radius 3 is 2.45 bits per heavy atom. The number of halogens is 1. The lowest BCUT2D eigenvalue weighted by atomic mass is 9.84. The predicted molar refractivity (Wildman–Crippen MR) is 116 cm³/mol. The standard InChI is InChI=1S/C22H33N3O3.ClH/c23-16-18-6-4-5-9-20(18)24-22(27)17-10-13-25(14-11-17)21(26)12-15-28-19-7-2-1-3-8-19;/h1-3,7-8,17-18,20H,4-6,9-16,23H2,(H,24,27);1H. The van der Waals surface area contributed by atoms with Gasteiger partial charge in [-0.3, -0.25) is 9.59 Å². The number of rotatable bonds is 7. The van der Waals surface area contributed by atoms with Gasteiger partial charge >= 0.3 is 0 Å². The highest BCUT2D eigenvalue weighted by Gasteiger charge is 2.31. The van der Waals surface area contributed by atoms with Crippen molar-refractivity contribution in [1.82, 2.24) is 10.2 Å². The van der Waals surface area contributed by atoms with Gasteiger partial charge < -0.3 is 20.7 Å². The molecule has 29 heavy (non-hydrogen) atoms. The van der Waals surface area contributed by atoms with Crippen LogP contribution in [0.2, 0.25) is 0 Å². The zero-order valence-electron chi connectivity index (χ0n) is 17.1. The van der Waals surface area contributed by atoms with Crippen LogP contribution in [0.1, 0.15) is 44.9 Å². The van der Waals surface area contributed by atoms with Gasteiger partial charge in [-0.2, -0.15) is 0 Å². The highest BCUT2D eigenvalue weighted by Crippen LogP contribution is 2.25. The highest BCUT2D eigenvalue weighted by molar-refractivity contribution is 5.85. The highest BCUT2D eigenvalue weighted by atomic mass is 35.5. The molecule has 1 aromatic carbocycles. The van der Waals surface area contributed by atoms with Gasteiger partial charge in [-0.05, 0) is 50.3 Å². The van der Waals surface area contributed by atoms with E-state index >= 15 is 0 Å². The van der Waals surface area contributed by atoms with E-state index in [1.54, 1.807) is 0 Å². The van der Waals surface area contributed by atoms with Crippen molar-refractivity contribution < 1.29 is 14.3 Å². The summed E-state index contributed by atoms with van der Waals surface area (Å²) < 4.78 is 5.61. The van der Waals surface area contributed by atoms with Crippen LogP contribution in [-0.2, 0) is 9.59 Å². The van der Waals surface area contributed by atoms with Gasteiger partial charge in [0.25, 0.3) is 0 Å². The molecule has 1 saturated heterocycles. The van der Waals surface area contributed by atoms with E-state index in [4.69, 9.17) is 10.5 Å². The smallest absolute Gasteiger partial charge is 0.225 e. The van der Waals surface area contributed by atoms with E-state index in [2.05, 4.69) is 5.32 Å². The third-order valence-corrected chi connectivity index (χ3v) is 6.09. The number of nitrogens with one attached hydrogen (secondary N) is 1.